The van der Waals surface area contributed by atoms with Crippen LogP contribution in [0.2, 0.25) is 5.02 Å². The summed E-state index contributed by atoms with van der Waals surface area (Å²) in [6.07, 6.45) is -0.101. The Morgan fingerprint density at radius 3 is 3.00 bits per heavy atom. The van der Waals surface area contributed by atoms with Crippen LogP contribution in [0.25, 0.3) is 11.4 Å². The van der Waals surface area contributed by atoms with Gasteiger partial charge in [-0.1, -0.05) is 16.8 Å². The SMILES string of the molecule is CCOC(=O)Cc1nc(-c2ccc(F)c(Cl)c2)no1. The van der Waals surface area contributed by atoms with Crippen LogP contribution in [0.15, 0.2) is 22.7 Å². The van der Waals surface area contributed by atoms with Crippen LogP contribution >= 0.6 is 11.6 Å². The molecule has 0 bridgehead atoms. The predicted molar refractivity (Wildman–Crippen MR) is 65.0 cm³/mol. The van der Waals surface area contributed by atoms with Gasteiger partial charge in [-0.05, 0) is 25.1 Å². The monoisotopic (exact) mass is 284 g/mol. The van der Waals surface area contributed by atoms with Crippen molar-refractivity contribution < 1.29 is 18.4 Å². The number of esters is 1. The van der Waals surface area contributed by atoms with E-state index in [1.165, 1.54) is 18.2 Å². The maximum atomic E-state index is 13.0. The highest BCUT2D eigenvalue weighted by Crippen LogP contribution is 2.22. The number of hydrogen-bond donors (Lipinski definition) is 0. The van der Waals surface area contributed by atoms with Gasteiger partial charge < -0.3 is 9.26 Å². The number of rotatable bonds is 4. The van der Waals surface area contributed by atoms with Crippen LogP contribution in [-0.4, -0.2) is 22.7 Å². The topological polar surface area (TPSA) is 65.2 Å². The van der Waals surface area contributed by atoms with Gasteiger partial charge in [-0.25, -0.2) is 4.39 Å². The van der Waals surface area contributed by atoms with Crippen LogP contribution in [-0.2, 0) is 16.0 Å². The van der Waals surface area contributed by atoms with Crippen molar-refractivity contribution in [3.63, 3.8) is 0 Å². The summed E-state index contributed by atoms with van der Waals surface area (Å²) in [5.74, 6) is -0.606. The summed E-state index contributed by atoms with van der Waals surface area (Å²) < 4.78 is 22.7. The minimum Gasteiger partial charge on any atom is -0.466 e. The molecule has 0 N–H and O–H groups in total. The molecular weight excluding hydrogens is 275 g/mol. The molecule has 0 spiro atoms. The zero-order valence-electron chi connectivity index (χ0n) is 10.0. The van der Waals surface area contributed by atoms with E-state index >= 15 is 0 Å². The maximum Gasteiger partial charge on any atom is 0.315 e. The average molecular weight is 285 g/mol. The third kappa shape index (κ3) is 3.29. The Kier molecular flexibility index (Phi) is 4.11. The van der Waals surface area contributed by atoms with Gasteiger partial charge in [0.2, 0.25) is 11.7 Å². The van der Waals surface area contributed by atoms with Gasteiger partial charge in [0.15, 0.2) is 0 Å². The number of carbonyl (C=O) groups is 1. The van der Waals surface area contributed by atoms with Crippen molar-refractivity contribution in [2.45, 2.75) is 13.3 Å². The summed E-state index contributed by atoms with van der Waals surface area (Å²) in [6, 6.07) is 4.06. The zero-order chi connectivity index (χ0) is 13.8. The van der Waals surface area contributed by atoms with Crippen molar-refractivity contribution in [3.8, 4) is 11.4 Å². The number of ether oxygens (including phenoxy) is 1. The van der Waals surface area contributed by atoms with Crippen LogP contribution in [0, 0.1) is 5.82 Å². The molecule has 2 rings (SSSR count). The zero-order valence-corrected chi connectivity index (χ0v) is 10.8. The normalized spacial score (nSPS) is 10.5. The largest absolute Gasteiger partial charge is 0.466 e. The van der Waals surface area contributed by atoms with Gasteiger partial charge >= 0.3 is 5.97 Å². The van der Waals surface area contributed by atoms with Gasteiger partial charge in [0.1, 0.15) is 12.2 Å². The lowest BCUT2D eigenvalue weighted by Crippen LogP contribution is -2.07. The number of nitrogens with zero attached hydrogens (tertiary/aromatic N) is 2. The molecule has 0 radical (unpaired) electrons. The van der Waals surface area contributed by atoms with E-state index in [1.807, 2.05) is 0 Å². The Morgan fingerprint density at radius 2 is 2.32 bits per heavy atom. The highest BCUT2D eigenvalue weighted by atomic mass is 35.5. The highest BCUT2D eigenvalue weighted by Gasteiger charge is 2.14. The second kappa shape index (κ2) is 5.79. The molecule has 7 heteroatoms. The predicted octanol–water partition coefficient (Wildman–Crippen LogP) is 2.63. The quantitative estimate of drug-likeness (QED) is 0.808. The molecule has 0 atom stereocenters. The molecule has 0 aliphatic heterocycles. The fraction of sp³-hybridized carbons (Fsp3) is 0.250. The summed E-state index contributed by atoms with van der Waals surface area (Å²) in [5.41, 5.74) is 0.505. The third-order valence-corrected chi connectivity index (χ3v) is 2.54. The summed E-state index contributed by atoms with van der Waals surface area (Å²) in [7, 11) is 0. The lowest BCUT2D eigenvalue weighted by molar-refractivity contribution is -0.142. The molecule has 0 aliphatic rings. The lowest BCUT2D eigenvalue weighted by atomic mass is 10.2. The van der Waals surface area contributed by atoms with Crippen LogP contribution < -0.4 is 0 Å². The van der Waals surface area contributed by atoms with E-state index in [0.717, 1.165) is 0 Å². The molecular formula is C12H10ClFN2O3. The van der Waals surface area contributed by atoms with E-state index in [4.69, 9.17) is 20.9 Å². The third-order valence-electron chi connectivity index (χ3n) is 2.25. The number of benzene rings is 1. The second-order valence-electron chi connectivity index (χ2n) is 3.62. The van der Waals surface area contributed by atoms with Crippen LogP contribution in [0.4, 0.5) is 4.39 Å². The van der Waals surface area contributed by atoms with Crippen LogP contribution in [0.1, 0.15) is 12.8 Å². The van der Waals surface area contributed by atoms with Crippen molar-refractivity contribution in [1.29, 1.82) is 0 Å². The number of hydrogen-bond acceptors (Lipinski definition) is 5. The molecule has 0 saturated heterocycles. The lowest BCUT2D eigenvalue weighted by Gasteiger charge is -1.97. The van der Waals surface area contributed by atoms with Gasteiger partial charge in [-0.15, -0.1) is 0 Å². The van der Waals surface area contributed by atoms with Gasteiger partial charge in [0.05, 0.1) is 11.6 Å². The summed E-state index contributed by atoms with van der Waals surface area (Å²) in [6.45, 7) is 1.99. The standard InChI is InChI=1S/C12H10ClFN2O3/c1-2-18-11(17)6-10-15-12(16-19-10)7-3-4-9(14)8(13)5-7/h3-5H,2,6H2,1H3. The second-order valence-corrected chi connectivity index (χ2v) is 4.03. The summed E-state index contributed by atoms with van der Waals surface area (Å²) in [5, 5.41) is 3.66. The van der Waals surface area contributed by atoms with Gasteiger partial charge in [0, 0.05) is 5.56 Å². The van der Waals surface area contributed by atoms with Crippen molar-refractivity contribution in [2.75, 3.05) is 6.61 Å². The first-order chi connectivity index (χ1) is 9.10. The first kappa shape index (κ1) is 13.5. The summed E-state index contributed by atoms with van der Waals surface area (Å²) in [4.78, 5) is 15.3. The van der Waals surface area contributed by atoms with Crippen molar-refractivity contribution in [2.24, 2.45) is 0 Å². The Bertz CT molecular complexity index is 600. The Morgan fingerprint density at radius 1 is 1.53 bits per heavy atom. The Balaban J connectivity index is 2.16. The molecule has 2 aromatic rings. The molecule has 5 nitrogen and oxygen atoms in total. The van der Waals surface area contributed by atoms with Crippen LogP contribution in [0.3, 0.4) is 0 Å². The molecule has 100 valence electrons. The van der Waals surface area contributed by atoms with Crippen molar-refractivity contribution in [3.05, 3.63) is 34.9 Å². The van der Waals surface area contributed by atoms with Gasteiger partial charge in [-0.2, -0.15) is 4.98 Å². The van der Waals surface area contributed by atoms with Crippen molar-refractivity contribution in [1.82, 2.24) is 10.1 Å². The number of halogens is 2. The first-order valence-corrected chi connectivity index (χ1v) is 5.91. The van der Waals surface area contributed by atoms with Crippen LogP contribution in [0.5, 0.6) is 0 Å². The van der Waals surface area contributed by atoms with E-state index in [9.17, 15) is 9.18 Å². The van der Waals surface area contributed by atoms with Crippen molar-refractivity contribution >= 4 is 17.6 Å². The molecule has 1 aromatic heterocycles. The Hall–Kier alpha value is -1.95. The maximum absolute atomic E-state index is 13.0. The van der Waals surface area contributed by atoms with E-state index < -0.39 is 11.8 Å². The average Bonchev–Trinajstić information content (AvgIpc) is 2.81. The molecule has 19 heavy (non-hydrogen) atoms. The van der Waals surface area contributed by atoms with E-state index in [1.54, 1.807) is 6.92 Å². The highest BCUT2D eigenvalue weighted by molar-refractivity contribution is 6.31. The van der Waals surface area contributed by atoms with E-state index in [2.05, 4.69) is 10.1 Å². The van der Waals surface area contributed by atoms with Gasteiger partial charge in [0.25, 0.3) is 0 Å². The fourth-order valence-corrected chi connectivity index (χ4v) is 1.60. The summed E-state index contributed by atoms with van der Waals surface area (Å²) >= 11 is 5.66. The minimum absolute atomic E-state index is 0.0331. The molecule has 0 fully saturated rings. The first-order valence-electron chi connectivity index (χ1n) is 5.53. The molecule has 0 unspecified atom stereocenters. The van der Waals surface area contributed by atoms with E-state index in [-0.39, 0.29) is 29.8 Å². The van der Waals surface area contributed by atoms with Gasteiger partial charge in [-0.3, -0.25) is 4.79 Å². The number of aromatic nitrogens is 2. The molecule has 1 aromatic carbocycles. The molecule has 0 saturated carbocycles. The molecule has 0 amide bonds. The fourth-order valence-electron chi connectivity index (χ4n) is 1.41. The molecule has 1 heterocycles. The smallest absolute Gasteiger partial charge is 0.315 e. The molecule has 0 aliphatic carbocycles. The van der Waals surface area contributed by atoms with E-state index in [0.29, 0.717) is 5.56 Å². The Labute approximate surface area is 113 Å². The minimum atomic E-state index is -0.527. The number of carbonyl (C=O) groups excluding carboxylic acids is 1.